The lowest BCUT2D eigenvalue weighted by atomic mass is 10.0. The summed E-state index contributed by atoms with van der Waals surface area (Å²) in [5.41, 5.74) is 2.72. The van der Waals surface area contributed by atoms with E-state index in [0.717, 1.165) is 41.1 Å². The van der Waals surface area contributed by atoms with Crippen molar-refractivity contribution in [1.82, 2.24) is 4.98 Å². The van der Waals surface area contributed by atoms with Crippen LogP contribution in [0.5, 0.6) is 5.75 Å². The van der Waals surface area contributed by atoms with E-state index in [1.807, 2.05) is 49.4 Å². The molecule has 0 saturated carbocycles. The Bertz CT molecular complexity index is 1000. The van der Waals surface area contributed by atoms with Crippen LogP contribution in [0.15, 0.2) is 54.6 Å². The van der Waals surface area contributed by atoms with Gasteiger partial charge in [0.2, 0.25) is 0 Å². The first kappa shape index (κ1) is 19.2. The highest BCUT2D eigenvalue weighted by atomic mass is 16.5. The molecule has 5 nitrogen and oxygen atoms in total. The fraction of sp³-hybridized carbons (Fsp3) is 0.333. The molecule has 0 radical (unpaired) electrons. The monoisotopic (exact) mass is 389 g/mol. The van der Waals surface area contributed by atoms with Gasteiger partial charge in [0.25, 0.3) is 5.91 Å². The van der Waals surface area contributed by atoms with Gasteiger partial charge < -0.3 is 15.0 Å². The molecule has 1 N–H and O–H groups in total. The lowest BCUT2D eigenvalue weighted by Crippen LogP contribution is -2.34. The van der Waals surface area contributed by atoms with E-state index in [1.54, 1.807) is 0 Å². The van der Waals surface area contributed by atoms with E-state index in [0.29, 0.717) is 11.7 Å². The zero-order valence-electron chi connectivity index (χ0n) is 17.0. The topological polar surface area (TPSA) is 54.5 Å². The third kappa shape index (κ3) is 4.67. The maximum Gasteiger partial charge on any atom is 0.262 e. The highest BCUT2D eigenvalue weighted by Crippen LogP contribution is 2.28. The normalized spacial score (nSPS) is 16.6. The van der Waals surface area contributed by atoms with Crippen LogP contribution in [0.3, 0.4) is 0 Å². The van der Waals surface area contributed by atoms with Crippen LogP contribution in [0.25, 0.3) is 10.9 Å². The van der Waals surface area contributed by atoms with Gasteiger partial charge in [0.1, 0.15) is 17.1 Å². The van der Waals surface area contributed by atoms with Gasteiger partial charge in [0, 0.05) is 24.2 Å². The molecule has 0 bridgehead atoms. The Morgan fingerprint density at radius 1 is 1.17 bits per heavy atom. The van der Waals surface area contributed by atoms with Gasteiger partial charge in [-0.05, 0) is 56.0 Å². The molecule has 1 fully saturated rings. The molecule has 150 valence electrons. The number of carbonyl (C=O) groups excluding carboxylic acids is 1. The highest BCUT2D eigenvalue weighted by molar-refractivity contribution is 5.92. The van der Waals surface area contributed by atoms with Gasteiger partial charge in [0.05, 0.1) is 0 Å². The fourth-order valence-electron chi connectivity index (χ4n) is 3.78. The summed E-state index contributed by atoms with van der Waals surface area (Å²) in [5, 5.41) is 3.87. The molecule has 0 spiro atoms. The number of amides is 1. The molecule has 5 heteroatoms. The number of ether oxygens (including phenoxy) is 1. The summed E-state index contributed by atoms with van der Waals surface area (Å²) in [5.74, 6) is 2.10. The molecule has 0 aliphatic carbocycles. The van der Waals surface area contributed by atoms with Crippen molar-refractivity contribution < 1.29 is 9.53 Å². The van der Waals surface area contributed by atoms with E-state index in [1.165, 1.54) is 12.8 Å². The molecule has 1 saturated heterocycles. The van der Waals surface area contributed by atoms with Crippen molar-refractivity contribution >= 4 is 28.3 Å². The summed E-state index contributed by atoms with van der Waals surface area (Å²) >= 11 is 0. The van der Waals surface area contributed by atoms with Gasteiger partial charge in [-0.1, -0.05) is 36.8 Å². The summed E-state index contributed by atoms with van der Waals surface area (Å²) in [6, 6.07) is 17.7. The molecule has 2 heterocycles. The third-order valence-corrected chi connectivity index (χ3v) is 5.34. The van der Waals surface area contributed by atoms with Crippen molar-refractivity contribution in [2.45, 2.75) is 26.7 Å². The zero-order valence-corrected chi connectivity index (χ0v) is 17.0. The van der Waals surface area contributed by atoms with Crippen LogP contribution in [-0.4, -0.2) is 30.6 Å². The number of carbonyl (C=O) groups is 1. The van der Waals surface area contributed by atoms with Crippen LogP contribution in [0.2, 0.25) is 0 Å². The molecule has 3 aromatic rings. The van der Waals surface area contributed by atoms with Crippen molar-refractivity contribution in [3.05, 3.63) is 60.2 Å². The van der Waals surface area contributed by atoms with Gasteiger partial charge >= 0.3 is 0 Å². The maximum absolute atomic E-state index is 12.3. The summed E-state index contributed by atoms with van der Waals surface area (Å²) in [4.78, 5) is 19.5. The standard InChI is InChI=1S/C24H27N3O2/c1-17-8-11-20(12-9-17)25-23(28)16-29-21-7-3-6-19-10-13-22(26-24(19)21)27-14-4-5-18(2)15-27/h3,6-13,18H,4-5,14-16H2,1-2H3,(H,25,28)/t18-/m1/s1. The molecule has 1 aromatic heterocycles. The largest absolute Gasteiger partial charge is 0.481 e. The molecular weight excluding hydrogens is 362 g/mol. The van der Waals surface area contributed by atoms with Crippen LogP contribution in [0.4, 0.5) is 11.5 Å². The quantitative estimate of drug-likeness (QED) is 0.681. The maximum atomic E-state index is 12.3. The van der Waals surface area contributed by atoms with E-state index in [2.05, 4.69) is 29.3 Å². The average molecular weight is 389 g/mol. The first-order chi connectivity index (χ1) is 14.1. The fourth-order valence-corrected chi connectivity index (χ4v) is 3.78. The highest BCUT2D eigenvalue weighted by Gasteiger charge is 2.18. The van der Waals surface area contributed by atoms with Crippen LogP contribution in [0.1, 0.15) is 25.3 Å². The summed E-state index contributed by atoms with van der Waals surface area (Å²) in [7, 11) is 0. The minimum Gasteiger partial charge on any atom is -0.481 e. The number of para-hydroxylation sites is 1. The smallest absolute Gasteiger partial charge is 0.262 e. The predicted molar refractivity (Wildman–Crippen MR) is 118 cm³/mol. The number of piperidine rings is 1. The first-order valence-electron chi connectivity index (χ1n) is 10.2. The SMILES string of the molecule is Cc1ccc(NC(=O)COc2cccc3ccc(N4CCC[C@@H](C)C4)nc23)cc1. The molecule has 1 aliphatic heterocycles. The van der Waals surface area contributed by atoms with Crippen LogP contribution in [-0.2, 0) is 4.79 Å². The zero-order chi connectivity index (χ0) is 20.2. The summed E-state index contributed by atoms with van der Waals surface area (Å²) in [6.45, 7) is 6.31. The number of hydrogen-bond donors (Lipinski definition) is 1. The Hall–Kier alpha value is -3.08. The van der Waals surface area contributed by atoms with E-state index in [4.69, 9.17) is 9.72 Å². The number of aromatic nitrogens is 1. The Morgan fingerprint density at radius 3 is 2.79 bits per heavy atom. The van der Waals surface area contributed by atoms with E-state index in [9.17, 15) is 4.79 Å². The minimum absolute atomic E-state index is 0.0559. The molecule has 1 aliphatic rings. The summed E-state index contributed by atoms with van der Waals surface area (Å²) in [6.07, 6.45) is 2.47. The van der Waals surface area contributed by atoms with E-state index < -0.39 is 0 Å². The lowest BCUT2D eigenvalue weighted by molar-refractivity contribution is -0.118. The first-order valence-corrected chi connectivity index (χ1v) is 10.2. The number of benzene rings is 2. The van der Waals surface area contributed by atoms with Gasteiger partial charge in [-0.3, -0.25) is 4.79 Å². The Labute approximate surface area is 171 Å². The Balaban J connectivity index is 1.48. The molecular formula is C24H27N3O2. The second kappa shape index (κ2) is 8.52. The lowest BCUT2D eigenvalue weighted by Gasteiger charge is -2.32. The van der Waals surface area contributed by atoms with Crippen LogP contribution < -0.4 is 15.0 Å². The second-order valence-corrected chi connectivity index (χ2v) is 7.89. The number of aryl methyl sites for hydroxylation is 1. The summed E-state index contributed by atoms with van der Waals surface area (Å²) < 4.78 is 5.85. The van der Waals surface area contributed by atoms with Crippen molar-refractivity contribution in [1.29, 1.82) is 0 Å². The number of pyridine rings is 1. The van der Waals surface area contributed by atoms with Gasteiger partial charge in [-0.25, -0.2) is 4.98 Å². The number of nitrogens with zero attached hydrogens (tertiary/aromatic N) is 2. The molecule has 2 aromatic carbocycles. The molecule has 1 amide bonds. The number of rotatable bonds is 5. The van der Waals surface area contributed by atoms with Gasteiger partial charge in [0.15, 0.2) is 6.61 Å². The van der Waals surface area contributed by atoms with E-state index >= 15 is 0 Å². The number of hydrogen-bond acceptors (Lipinski definition) is 4. The molecule has 29 heavy (non-hydrogen) atoms. The van der Waals surface area contributed by atoms with Crippen LogP contribution >= 0.6 is 0 Å². The average Bonchev–Trinajstić information content (AvgIpc) is 2.73. The third-order valence-electron chi connectivity index (χ3n) is 5.34. The van der Waals surface area contributed by atoms with Gasteiger partial charge in [-0.2, -0.15) is 0 Å². The molecule has 0 unspecified atom stereocenters. The molecule has 1 atom stereocenters. The van der Waals surface area contributed by atoms with Gasteiger partial charge in [-0.15, -0.1) is 0 Å². The number of nitrogens with one attached hydrogen (secondary N) is 1. The van der Waals surface area contributed by atoms with E-state index in [-0.39, 0.29) is 12.5 Å². The minimum atomic E-state index is -0.188. The Kier molecular flexibility index (Phi) is 5.65. The van der Waals surface area contributed by atoms with Crippen molar-refractivity contribution in [3.8, 4) is 5.75 Å². The number of fused-ring (bicyclic) bond motifs is 1. The number of anilines is 2. The second-order valence-electron chi connectivity index (χ2n) is 7.89. The van der Waals surface area contributed by atoms with Crippen molar-refractivity contribution in [3.63, 3.8) is 0 Å². The van der Waals surface area contributed by atoms with Crippen molar-refractivity contribution in [2.75, 3.05) is 29.9 Å². The van der Waals surface area contributed by atoms with Crippen molar-refractivity contribution in [2.24, 2.45) is 5.92 Å². The molecule has 4 rings (SSSR count). The van der Waals surface area contributed by atoms with Crippen LogP contribution in [0, 0.1) is 12.8 Å². The Morgan fingerprint density at radius 2 is 2.00 bits per heavy atom. The predicted octanol–water partition coefficient (Wildman–Crippen LogP) is 4.80.